The molecule has 150 valence electrons. The molecule has 3 rings (SSSR count). The van der Waals surface area contributed by atoms with E-state index in [2.05, 4.69) is 37.2 Å². The van der Waals surface area contributed by atoms with Crippen LogP contribution in [0.4, 0.5) is 0 Å². The highest BCUT2D eigenvalue weighted by Crippen LogP contribution is 2.24. The summed E-state index contributed by atoms with van der Waals surface area (Å²) in [6.07, 6.45) is 3.60. The summed E-state index contributed by atoms with van der Waals surface area (Å²) < 4.78 is 12.4. The van der Waals surface area contributed by atoms with Crippen LogP contribution in [0.3, 0.4) is 0 Å². The molecule has 0 amide bonds. The van der Waals surface area contributed by atoms with E-state index >= 15 is 0 Å². The quantitative estimate of drug-likeness (QED) is 0.586. The largest absolute Gasteiger partial charge is 0.489 e. The average Bonchev–Trinajstić information content (AvgIpc) is 2.66. The molecule has 0 radical (unpaired) electrons. The molecule has 8 heteroatoms. The molecule has 0 aliphatic carbocycles. The zero-order valence-electron chi connectivity index (χ0n) is 15.1. The third-order valence-corrected chi connectivity index (χ3v) is 4.66. The first-order valence-electron chi connectivity index (χ1n) is 8.62. The van der Waals surface area contributed by atoms with E-state index in [0.717, 1.165) is 67.3 Å². The Hall–Kier alpha value is -0.890. The van der Waals surface area contributed by atoms with Gasteiger partial charge in [0.25, 0.3) is 0 Å². The van der Waals surface area contributed by atoms with Crippen molar-refractivity contribution in [2.75, 3.05) is 39.4 Å². The fourth-order valence-corrected chi connectivity index (χ4v) is 3.17. The number of hydrogen-bond acceptors (Lipinski definition) is 5. The first-order valence-corrected chi connectivity index (χ1v) is 9.41. The van der Waals surface area contributed by atoms with Crippen molar-refractivity contribution < 1.29 is 9.47 Å². The molecule has 0 atom stereocenters. The van der Waals surface area contributed by atoms with Gasteiger partial charge in [-0.05, 0) is 24.3 Å². The predicted molar refractivity (Wildman–Crippen MR) is 116 cm³/mol. The third-order valence-electron chi connectivity index (χ3n) is 4.16. The van der Waals surface area contributed by atoms with Crippen LogP contribution in [0.15, 0.2) is 47.2 Å². The summed E-state index contributed by atoms with van der Waals surface area (Å²) in [5.41, 5.74) is 2.22. The lowest BCUT2D eigenvalue weighted by Crippen LogP contribution is -2.40. The second kappa shape index (κ2) is 13.3. The maximum absolute atomic E-state index is 6.00. The van der Waals surface area contributed by atoms with Gasteiger partial charge in [0.15, 0.2) is 0 Å². The van der Waals surface area contributed by atoms with Crippen molar-refractivity contribution in [1.82, 2.24) is 15.2 Å². The van der Waals surface area contributed by atoms with Crippen LogP contribution in [0.5, 0.6) is 5.75 Å². The zero-order chi connectivity index (χ0) is 17.3. The average molecular weight is 479 g/mol. The summed E-state index contributed by atoms with van der Waals surface area (Å²) in [5, 5.41) is 3.52. The number of morpholine rings is 1. The van der Waals surface area contributed by atoms with E-state index in [1.807, 2.05) is 30.5 Å². The van der Waals surface area contributed by atoms with Crippen molar-refractivity contribution in [3.8, 4) is 5.75 Å². The number of halogens is 3. The lowest BCUT2D eigenvalue weighted by Gasteiger charge is -2.26. The lowest BCUT2D eigenvalue weighted by molar-refractivity contribution is 0.0384. The highest BCUT2D eigenvalue weighted by Gasteiger charge is 2.10. The zero-order valence-corrected chi connectivity index (χ0v) is 18.3. The normalized spacial score (nSPS) is 14.1. The Morgan fingerprint density at radius 2 is 2.00 bits per heavy atom. The Morgan fingerprint density at radius 3 is 2.74 bits per heavy atom. The molecule has 1 N–H and O–H groups in total. The van der Waals surface area contributed by atoms with E-state index in [1.54, 1.807) is 6.20 Å². The fraction of sp³-hybridized carbons (Fsp3) is 0.421. The molecular weight excluding hydrogens is 453 g/mol. The highest BCUT2D eigenvalue weighted by molar-refractivity contribution is 9.10. The van der Waals surface area contributed by atoms with Crippen LogP contribution in [-0.2, 0) is 17.9 Å². The minimum absolute atomic E-state index is 0. The Kier molecular flexibility index (Phi) is 11.9. The molecule has 0 bridgehead atoms. The van der Waals surface area contributed by atoms with Crippen LogP contribution in [-0.4, -0.2) is 49.3 Å². The molecule has 27 heavy (non-hydrogen) atoms. The maximum Gasteiger partial charge on any atom is 0.124 e. The van der Waals surface area contributed by atoms with Gasteiger partial charge in [0.2, 0.25) is 0 Å². The number of nitrogens with one attached hydrogen (secondary N) is 1. The lowest BCUT2D eigenvalue weighted by atomic mass is 10.2. The monoisotopic (exact) mass is 477 g/mol. The van der Waals surface area contributed by atoms with Crippen molar-refractivity contribution in [3.05, 3.63) is 58.3 Å². The van der Waals surface area contributed by atoms with Crippen molar-refractivity contribution in [2.45, 2.75) is 13.2 Å². The Balaban J connectivity index is 0.00000182. The molecule has 2 heterocycles. The van der Waals surface area contributed by atoms with E-state index in [-0.39, 0.29) is 24.8 Å². The van der Waals surface area contributed by atoms with E-state index in [1.165, 1.54) is 0 Å². The van der Waals surface area contributed by atoms with Gasteiger partial charge in [0.05, 0.1) is 13.2 Å². The highest BCUT2D eigenvalue weighted by atomic mass is 79.9. The molecule has 1 aromatic carbocycles. The van der Waals surface area contributed by atoms with Gasteiger partial charge in [-0.1, -0.05) is 22.0 Å². The van der Waals surface area contributed by atoms with Crippen molar-refractivity contribution in [1.29, 1.82) is 0 Å². The van der Waals surface area contributed by atoms with E-state index in [9.17, 15) is 0 Å². The van der Waals surface area contributed by atoms with Gasteiger partial charge in [-0.15, -0.1) is 24.8 Å². The molecule has 0 spiro atoms. The van der Waals surface area contributed by atoms with Crippen LogP contribution < -0.4 is 10.1 Å². The van der Waals surface area contributed by atoms with Gasteiger partial charge in [-0.25, -0.2) is 0 Å². The van der Waals surface area contributed by atoms with Crippen molar-refractivity contribution in [2.24, 2.45) is 0 Å². The molecule has 1 aliphatic heterocycles. The molecule has 1 aliphatic rings. The van der Waals surface area contributed by atoms with Crippen molar-refractivity contribution >= 4 is 40.7 Å². The second-order valence-electron chi connectivity index (χ2n) is 6.03. The smallest absolute Gasteiger partial charge is 0.124 e. The molecule has 0 saturated carbocycles. The second-order valence-corrected chi connectivity index (χ2v) is 6.95. The summed E-state index contributed by atoms with van der Waals surface area (Å²) >= 11 is 3.55. The SMILES string of the molecule is Brc1ccc(OCc2cccnc2)c(CNCCN2CCOCC2)c1.Cl.Cl. The number of nitrogens with zero attached hydrogens (tertiary/aromatic N) is 2. The van der Waals surface area contributed by atoms with Gasteiger partial charge < -0.3 is 14.8 Å². The van der Waals surface area contributed by atoms with Crippen molar-refractivity contribution in [3.63, 3.8) is 0 Å². The fourth-order valence-electron chi connectivity index (χ4n) is 2.76. The third kappa shape index (κ3) is 8.34. The molecule has 1 fully saturated rings. The number of rotatable bonds is 8. The first-order chi connectivity index (χ1) is 12.3. The molecule has 1 aromatic heterocycles. The summed E-state index contributed by atoms with van der Waals surface area (Å²) in [6, 6.07) is 10.1. The summed E-state index contributed by atoms with van der Waals surface area (Å²) in [4.78, 5) is 6.55. The van der Waals surface area contributed by atoms with Gasteiger partial charge in [0.1, 0.15) is 12.4 Å². The van der Waals surface area contributed by atoms with Crippen LogP contribution in [0.2, 0.25) is 0 Å². The summed E-state index contributed by atoms with van der Waals surface area (Å²) in [5.74, 6) is 0.908. The van der Waals surface area contributed by atoms with Crippen LogP contribution in [0.1, 0.15) is 11.1 Å². The van der Waals surface area contributed by atoms with Gasteiger partial charge in [0, 0.05) is 60.7 Å². The minimum atomic E-state index is 0. The Labute approximate surface area is 181 Å². The number of benzene rings is 1. The molecule has 5 nitrogen and oxygen atoms in total. The number of aromatic nitrogens is 1. The summed E-state index contributed by atoms with van der Waals surface area (Å²) in [6.45, 7) is 7.05. The summed E-state index contributed by atoms with van der Waals surface area (Å²) in [7, 11) is 0. The van der Waals surface area contributed by atoms with Crippen LogP contribution in [0, 0.1) is 0 Å². The van der Waals surface area contributed by atoms with Crippen LogP contribution in [0.25, 0.3) is 0 Å². The van der Waals surface area contributed by atoms with E-state index in [4.69, 9.17) is 9.47 Å². The van der Waals surface area contributed by atoms with Gasteiger partial charge in [-0.2, -0.15) is 0 Å². The molecule has 0 unspecified atom stereocenters. The number of hydrogen-bond donors (Lipinski definition) is 1. The molecular formula is C19H26BrCl2N3O2. The van der Waals surface area contributed by atoms with E-state index in [0.29, 0.717) is 6.61 Å². The molecule has 2 aromatic rings. The van der Waals surface area contributed by atoms with E-state index < -0.39 is 0 Å². The standard InChI is InChI=1S/C19H24BrN3O2.2ClH/c20-18-3-4-19(25-15-16-2-1-5-21-13-16)17(12-18)14-22-6-7-23-8-10-24-11-9-23;;/h1-5,12-13,22H,6-11,14-15H2;2*1H. The number of pyridine rings is 1. The van der Waals surface area contributed by atoms with Crippen LogP contribution >= 0.6 is 40.7 Å². The topological polar surface area (TPSA) is 46.6 Å². The first kappa shape index (κ1) is 24.1. The van der Waals surface area contributed by atoms with Gasteiger partial charge >= 0.3 is 0 Å². The Bertz CT molecular complexity index is 659. The Morgan fingerprint density at radius 1 is 1.19 bits per heavy atom. The number of ether oxygens (including phenoxy) is 2. The molecule has 1 saturated heterocycles. The minimum Gasteiger partial charge on any atom is -0.489 e. The maximum atomic E-state index is 6.00. The predicted octanol–water partition coefficient (Wildman–Crippen LogP) is 3.69. The van der Waals surface area contributed by atoms with Gasteiger partial charge in [-0.3, -0.25) is 9.88 Å².